The highest BCUT2D eigenvalue weighted by atomic mass is 15.2. The minimum absolute atomic E-state index is 0.232. The number of nitrogens with zero attached hydrogens (tertiary/aromatic N) is 5. The lowest BCUT2D eigenvalue weighted by Crippen LogP contribution is -2.49. The van der Waals surface area contributed by atoms with Crippen molar-refractivity contribution in [1.82, 2.24) is 30.2 Å². The second-order valence-electron chi connectivity index (χ2n) is 11.5. The quantitative estimate of drug-likeness (QED) is 0.371. The molecule has 6 rings (SSSR count). The molecule has 7 nitrogen and oxygen atoms in total. The van der Waals surface area contributed by atoms with Gasteiger partial charge in [-0.25, -0.2) is 15.0 Å². The van der Waals surface area contributed by atoms with Crippen LogP contribution >= 0.6 is 0 Å². The third kappa shape index (κ3) is 4.23. The fourth-order valence-electron chi connectivity index (χ4n) is 5.60. The molecule has 0 spiro atoms. The van der Waals surface area contributed by atoms with Crippen LogP contribution in [0.3, 0.4) is 0 Å². The minimum Gasteiger partial charge on any atom is -0.353 e. The molecule has 1 aliphatic heterocycles. The molecule has 2 aliphatic rings. The Hall–Kier alpha value is -3.06. The molecule has 4 aromatic rings. The number of piperazine rings is 1. The van der Waals surface area contributed by atoms with Crippen LogP contribution in [0.1, 0.15) is 70.6 Å². The number of fused-ring (bicyclic) bond motifs is 2. The van der Waals surface area contributed by atoms with Crippen molar-refractivity contribution < 1.29 is 0 Å². The van der Waals surface area contributed by atoms with Gasteiger partial charge in [-0.1, -0.05) is 33.6 Å². The summed E-state index contributed by atoms with van der Waals surface area (Å²) in [6, 6.07) is 4.72. The Morgan fingerprint density at radius 2 is 2.03 bits per heavy atom. The van der Waals surface area contributed by atoms with Crippen molar-refractivity contribution in [2.75, 3.05) is 24.5 Å². The second kappa shape index (κ2) is 9.11. The molecule has 7 heteroatoms. The Balaban J connectivity index is 1.52. The third-order valence-electron chi connectivity index (χ3n) is 8.28. The van der Waals surface area contributed by atoms with Gasteiger partial charge in [0, 0.05) is 60.1 Å². The first kappa shape index (κ1) is 23.3. The number of anilines is 1. The van der Waals surface area contributed by atoms with Crippen molar-refractivity contribution in [1.29, 1.82) is 0 Å². The van der Waals surface area contributed by atoms with Crippen LogP contribution in [0.15, 0.2) is 30.7 Å². The summed E-state index contributed by atoms with van der Waals surface area (Å²) in [5.41, 5.74) is 5.63. The normalized spacial score (nSPS) is 19.2. The average molecular weight is 484 g/mol. The van der Waals surface area contributed by atoms with Gasteiger partial charge in [-0.05, 0) is 55.2 Å². The summed E-state index contributed by atoms with van der Waals surface area (Å²) in [6.45, 7) is 12.0. The van der Waals surface area contributed by atoms with E-state index in [4.69, 9.17) is 9.97 Å². The number of hydrogen-bond acceptors (Lipinski definition) is 6. The summed E-state index contributed by atoms with van der Waals surface area (Å²) in [5.74, 6) is 2.38. The van der Waals surface area contributed by atoms with Gasteiger partial charge in [0.25, 0.3) is 0 Å². The molecule has 36 heavy (non-hydrogen) atoms. The Bertz CT molecular complexity index is 1400. The van der Waals surface area contributed by atoms with Crippen molar-refractivity contribution in [2.24, 2.45) is 5.41 Å². The van der Waals surface area contributed by atoms with Crippen LogP contribution < -0.4 is 10.2 Å². The molecule has 1 aliphatic carbocycles. The van der Waals surface area contributed by atoms with E-state index in [9.17, 15) is 0 Å². The lowest BCUT2D eigenvalue weighted by Gasteiger charge is -2.35. The van der Waals surface area contributed by atoms with E-state index in [2.05, 4.69) is 71.2 Å². The SMILES string of the molecule is CCC(C)(C)Cc1cc2c(-c3nc(N4CCN[C@@H](C)C4)c4c(C5CCC5)cncc4n3)ccnc2[nH]1. The van der Waals surface area contributed by atoms with Gasteiger partial charge < -0.3 is 15.2 Å². The number of pyridine rings is 2. The maximum atomic E-state index is 5.30. The summed E-state index contributed by atoms with van der Waals surface area (Å²) < 4.78 is 0. The molecule has 4 aromatic heterocycles. The zero-order valence-electron chi connectivity index (χ0n) is 21.9. The molecule has 0 unspecified atom stereocenters. The Morgan fingerprint density at radius 1 is 1.17 bits per heavy atom. The summed E-state index contributed by atoms with van der Waals surface area (Å²) in [5, 5.41) is 5.85. The molecule has 0 radical (unpaired) electrons. The first-order valence-electron chi connectivity index (χ1n) is 13.5. The van der Waals surface area contributed by atoms with Gasteiger partial charge in [0.1, 0.15) is 11.5 Å². The van der Waals surface area contributed by atoms with E-state index in [0.29, 0.717) is 12.0 Å². The van der Waals surface area contributed by atoms with Crippen molar-refractivity contribution in [3.05, 3.63) is 42.0 Å². The Kier molecular flexibility index (Phi) is 5.91. The monoisotopic (exact) mass is 483 g/mol. The summed E-state index contributed by atoms with van der Waals surface area (Å²) in [6.07, 6.45) is 11.7. The molecule has 188 valence electrons. The standard InChI is InChI=1S/C29H37N7/c1-5-29(3,4)14-20-13-22-21(9-10-32-26(22)33-20)27-34-24-16-30-15-23(19-7-6-8-19)25(24)28(35-27)36-12-11-31-18(2)17-36/h9-10,13,15-16,18-19,31H,5-8,11-12,14,17H2,1-4H3,(H,32,33)/t18-/m0/s1. The van der Waals surface area contributed by atoms with E-state index in [1.165, 1.54) is 35.9 Å². The Morgan fingerprint density at radius 3 is 2.78 bits per heavy atom. The van der Waals surface area contributed by atoms with E-state index >= 15 is 0 Å². The van der Waals surface area contributed by atoms with E-state index in [1.807, 2.05) is 12.4 Å². The number of rotatable bonds is 6. The highest BCUT2D eigenvalue weighted by Crippen LogP contribution is 2.42. The summed E-state index contributed by atoms with van der Waals surface area (Å²) >= 11 is 0. The van der Waals surface area contributed by atoms with E-state index in [0.717, 1.165) is 66.2 Å². The lowest BCUT2D eigenvalue weighted by molar-refractivity contribution is 0.346. The Labute approximate surface area is 213 Å². The maximum Gasteiger partial charge on any atom is 0.163 e. The molecular formula is C29H37N7. The highest BCUT2D eigenvalue weighted by Gasteiger charge is 2.28. The third-order valence-corrected chi connectivity index (χ3v) is 8.28. The fourth-order valence-corrected chi connectivity index (χ4v) is 5.60. The summed E-state index contributed by atoms with van der Waals surface area (Å²) in [7, 11) is 0. The van der Waals surface area contributed by atoms with E-state index in [-0.39, 0.29) is 5.41 Å². The van der Waals surface area contributed by atoms with Crippen LogP contribution in [0.4, 0.5) is 5.82 Å². The molecule has 0 bridgehead atoms. The first-order chi connectivity index (χ1) is 17.4. The van der Waals surface area contributed by atoms with Crippen LogP contribution in [0.25, 0.3) is 33.3 Å². The van der Waals surface area contributed by atoms with Gasteiger partial charge in [0.2, 0.25) is 0 Å². The van der Waals surface area contributed by atoms with Crippen molar-refractivity contribution >= 4 is 27.8 Å². The zero-order valence-corrected chi connectivity index (χ0v) is 21.9. The summed E-state index contributed by atoms with van der Waals surface area (Å²) in [4.78, 5) is 25.7. The van der Waals surface area contributed by atoms with Gasteiger partial charge in [0.15, 0.2) is 5.82 Å². The van der Waals surface area contributed by atoms with Crippen LogP contribution in [0, 0.1) is 5.41 Å². The van der Waals surface area contributed by atoms with Gasteiger partial charge in [0.05, 0.1) is 11.7 Å². The largest absolute Gasteiger partial charge is 0.353 e. The van der Waals surface area contributed by atoms with Gasteiger partial charge in [-0.15, -0.1) is 0 Å². The maximum absolute atomic E-state index is 5.30. The van der Waals surface area contributed by atoms with Gasteiger partial charge in [-0.3, -0.25) is 4.98 Å². The topological polar surface area (TPSA) is 82.6 Å². The number of aromatic amines is 1. The van der Waals surface area contributed by atoms with Gasteiger partial charge >= 0.3 is 0 Å². The molecule has 5 heterocycles. The molecule has 1 saturated heterocycles. The average Bonchev–Trinajstić information content (AvgIpc) is 3.24. The van der Waals surface area contributed by atoms with Crippen molar-refractivity contribution in [3.8, 4) is 11.4 Å². The number of nitrogens with one attached hydrogen (secondary N) is 2. The molecule has 0 aromatic carbocycles. The second-order valence-corrected chi connectivity index (χ2v) is 11.5. The molecular weight excluding hydrogens is 446 g/mol. The van der Waals surface area contributed by atoms with Crippen molar-refractivity contribution in [3.63, 3.8) is 0 Å². The lowest BCUT2D eigenvalue weighted by atomic mass is 9.79. The molecule has 0 amide bonds. The van der Waals surface area contributed by atoms with Crippen LogP contribution in [0.5, 0.6) is 0 Å². The predicted molar refractivity (Wildman–Crippen MR) is 146 cm³/mol. The first-order valence-corrected chi connectivity index (χ1v) is 13.5. The number of hydrogen-bond donors (Lipinski definition) is 2. The van der Waals surface area contributed by atoms with Crippen LogP contribution in [-0.2, 0) is 6.42 Å². The van der Waals surface area contributed by atoms with Crippen LogP contribution in [0.2, 0.25) is 0 Å². The fraction of sp³-hybridized carbons (Fsp3) is 0.517. The van der Waals surface area contributed by atoms with E-state index in [1.54, 1.807) is 0 Å². The highest BCUT2D eigenvalue weighted by molar-refractivity contribution is 5.97. The molecule has 1 atom stereocenters. The zero-order chi connectivity index (χ0) is 24.9. The molecule has 1 saturated carbocycles. The van der Waals surface area contributed by atoms with E-state index < -0.39 is 0 Å². The number of aromatic nitrogens is 5. The minimum atomic E-state index is 0.232. The van der Waals surface area contributed by atoms with Gasteiger partial charge in [-0.2, -0.15) is 0 Å². The molecule has 2 N–H and O–H groups in total. The smallest absolute Gasteiger partial charge is 0.163 e. The number of H-pyrrole nitrogens is 1. The van der Waals surface area contributed by atoms with Crippen LogP contribution in [-0.4, -0.2) is 50.6 Å². The predicted octanol–water partition coefficient (Wildman–Crippen LogP) is 5.61. The van der Waals surface area contributed by atoms with Crippen molar-refractivity contribution in [2.45, 2.75) is 71.8 Å². The molecule has 2 fully saturated rings.